The second-order valence-electron chi connectivity index (χ2n) is 33.0. The molecule has 0 aliphatic carbocycles. The van der Waals surface area contributed by atoms with E-state index in [-0.39, 0.29) is 83.6 Å². The van der Waals surface area contributed by atoms with Gasteiger partial charge in [0.15, 0.2) is 34.7 Å². The summed E-state index contributed by atoms with van der Waals surface area (Å²) in [5, 5.41) is 72.7. The first-order valence-electron chi connectivity index (χ1n) is 38.1. The number of nitrogens with two attached hydrogens (primary N) is 2. The van der Waals surface area contributed by atoms with Crippen LogP contribution in [0.1, 0.15) is 316 Å². The molecular weight excluding hydrogens is 1340 g/mol. The van der Waals surface area contributed by atoms with Crippen molar-refractivity contribution in [2.24, 2.45) is 124 Å². The Balaban J connectivity index is -0.0000000906. The van der Waals surface area contributed by atoms with Gasteiger partial charge in [-0.3, -0.25) is 38.4 Å². The van der Waals surface area contributed by atoms with Crippen molar-refractivity contribution in [1.29, 1.82) is 0 Å². The van der Waals surface area contributed by atoms with Crippen LogP contribution in [0.4, 0.5) is 0 Å². The van der Waals surface area contributed by atoms with Crippen molar-refractivity contribution in [1.82, 2.24) is 0 Å². The third-order valence-corrected chi connectivity index (χ3v) is 18.3. The van der Waals surface area contributed by atoms with Crippen LogP contribution in [0.15, 0.2) is 0 Å². The zero-order valence-corrected chi connectivity index (χ0v) is 73.6. The zero-order chi connectivity index (χ0) is 86.2. The fourth-order valence-corrected chi connectivity index (χ4v) is 7.36. The normalized spacial score (nSPS) is 15.2. The van der Waals surface area contributed by atoms with E-state index in [0.29, 0.717) is 108 Å². The van der Waals surface area contributed by atoms with Crippen LogP contribution in [0.2, 0.25) is 0 Å². The SMILES string of the molecule is C.CC(=O)C(O)C(C)C(C)C.CC(=O)C(O)CC(C)C.CC(=O)CC(C)C(C)C.CC(=O)C[C@@H](C)C(C)C.CC(=O)C[C@H](C)C(C)C.CC(=O)[C@@H](O)CC(C)C.CC(=O)[C@@H](O)[C@H](C)C(C)C.CC(=O)[C@H](O)CC(C)C.CC(=O)[C@H](O)[C@H](C)C(C)C.CC(C)[C@H](C)[C@@H](O)C(N)=O.CC(C)[C@H](C)[C@H](O)C(N)=O. The van der Waals surface area contributed by atoms with Gasteiger partial charge in [-0.15, -0.1) is 0 Å². The number of Topliss-reactive ketones (excluding diaryl/α,β-unsaturated/α-hetero) is 9. The van der Waals surface area contributed by atoms with Gasteiger partial charge < -0.3 is 66.7 Å². The zero-order valence-electron chi connectivity index (χ0n) is 73.6. The molecule has 0 aliphatic heterocycles. The lowest BCUT2D eigenvalue weighted by atomic mass is 9.90. The predicted octanol–water partition coefficient (Wildman–Crippen LogP) is 14.3. The summed E-state index contributed by atoms with van der Waals surface area (Å²) in [7, 11) is 0. The van der Waals surface area contributed by atoms with Crippen molar-refractivity contribution in [2.45, 2.75) is 365 Å². The van der Waals surface area contributed by atoms with Crippen LogP contribution in [0.5, 0.6) is 0 Å². The molecule has 0 aromatic heterocycles. The Kier molecular flexibility index (Phi) is 87.8. The summed E-state index contributed by atoms with van der Waals surface area (Å²) in [5.74, 6) is 5.25. The van der Waals surface area contributed by atoms with Gasteiger partial charge >= 0.3 is 0 Å². The number of amides is 2. The van der Waals surface area contributed by atoms with E-state index in [4.69, 9.17) is 37.0 Å². The van der Waals surface area contributed by atoms with E-state index in [1.54, 1.807) is 34.6 Å². The summed E-state index contributed by atoms with van der Waals surface area (Å²) >= 11 is 0. The molecule has 16 atom stereocenters. The van der Waals surface area contributed by atoms with Crippen molar-refractivity contribution in [3.63, 3.8) is 0 Å². The van der Waals surface area contributed by atoms with E-state index >= 15 is 0 Å². The molecule has 632 valence electrons. The Labute approximate surface area is 643 Å². The van der Waals surface area contributed by atoms with Crippen LogP contribution in [-0.4, -0.2) is 154 Å². The monoisotopic (exact) mass is 1510 g/mol. The third kappa shape index (κ3) is 88.4. The standard InChI is InChI=1S/3C8H16O2.3C8H16O.2C7H15NO2.3C7H14O2.CH4/c3*1-5(2)6(3)8(10)7(4)9;3*1-6(2)7(3)5-8(4)9;2*1-4(2)5(3)6(9)7(8)10;3*1-5(2)4-7(9)6(3)8;/h3*5-6,8,10H,1-4H3;3*6-7H,5H2,1-4H3;2*4-6,9H,1-3H3,(H2,8,10);3*5,7,9H,4H2,1-3H3;1H4/t6-,8+;6-,8-;;2*7-;;5-,6+;5-,6-;2*7-;;/m11.10.0010../s1. The second kappa shape index (κ2) is 72.5. The van der Waals surface area contributed by atoms with E-state index in [0.717, 1.165) is 19.3 Å². The molecule has 0 heterocycles. The van der Waals surface area contributed by atoms with E-state index in [2.05, 4.69) is 62.3 Å². The van der Waals surface area contributed by atoms with E-state index in [1.165, 1.54) is 41.5 Å². The van der Waals surface area contributed by atoms with E-state index < -0.39 is 60.6 Å². The molecule has 0 rings (SSSR count). The van der Waals surface area contributed by atoms with Gasteiger partial charge in [-0.05, 0) is 194 Å². The number of hydrogen-bond acceptors (Lipinski definition) is 19. The van der Waals surface area contributed by atoms with E-state index in [9.17, 15) is 68.1 Å². The highest BCUT2D eigenvalue weighted by atomic mass is 16.3. The molecule has 0 bridgehead atoms. The summed E-state index contributed by atoms with van der Waals surface area (Å²) in [6.07, 6.45) is -2.63. The molecule has 0 aromatic carbocycles. The first kappa shape index (κ1) is 127. The molecule has 0 aliphatic rings. The second-order valence-corrected chi connectivity index (χ2v) is 33.0. The van der Waals surface area contributed by atoms with Gasteiger partial charge in [0.05, 0.1) is 0 Å². The maximum absolute atomic E-state index is 10.6. The molecule has 0 saturated heterocycles. The fourth-order valence-electron chi connectivity index (χ4n) is 7.36. The van der Waals surface area contributed by atoms with Crippen molar-refractivity contribution >= 4 is 63.9 Å². The smallest absolute Gasteiger partial charge is 0.246 e. The number of aliphatic hydroxyl groups is 8. The lowest BCUT2D eigenvalue weighted by molar-refractivity contribution is -0.129. The Hall–Kier alpha value is -4.35. The average molecular weight is 1510 g/mol. The first-order valence-corrected chi connectivity index (χ1v) is 38.1. The van der Waals surface area contributed by atoms with Gasteiger partial charge in [0, 0.05) is 19.3 Å². The Morgan fingerprint density at radius 3 is 0.400 bits per heavy atom. The van der Waals surface area contributed by atoms with Crippen LogP contribution >= 0.6 is 0 Å². The minimum atomic E-state index is -1.00. The highest BCUT2D eigenvalue weighted by Gasteiger charge is 2.25. The molecule has 0 spiro atoms. The first-order chi connectivity index (χ1) is 46.5. The predicted molar refractivity (Wildman–Crippen MR) is 434 cm³/mol. The largest absolute Gasteiger partial charge is 0.385 e. The molecule has 0 saturated carbocycles. The summed E-state index contributed by atoms with van der Waals surface area (Å²) in [4.78, 5) is 116. The number of rotatable bonds is 33. The Morgan fingerprint density at radius 2 is 0.362 bits per heavy atom. The number of aliphatic hydroxyl groups excluding tert-OH is 8. The van der Waals surface area contributed by atoms with Crippen LogP contribution < -0.4 is 11.5 Å². The number of hydrogen-bond donors (Lipinski definition) is 10. The molecule has 4 unspecified atom stereocenters. The molecule has 0 radical (unpaired) electrons. The van der Waals surface area contributed by atoms with Crippen molar-refractivity contribution in [3.05, 3.63) is 0 Å². The molecule has 2 amide bonds. The van der Waals surface area contributed by atoms with Gasteiger partial charge in [-0.2, -0.15) is 0 Å². The molecule has 0 aromatic rings. The molecule has 12 N–H and O–H groups in total. The maximum atomic E-state index is 10.6. The van der Waals surface area contributed by atoms with Crippen molar-refractivity contribution < 1.29 is 93.6 Å². The van der Waals surface area contributed by atoms with Gasteiger partial charge in [-0.25, -0.2) is 0 Å². The summed E-state index contributed by atoms with van der Waals surface area (Å²) in [6.45, 7) is 73.6. The van der Waals surface area contributed by atoms with E-state index in [1.807, 2.05) is 132 Å². The number of ketones is 9. The maximum Gasteiger partial charge on any atom is 0.246 e. The molecule has 0 fully saturated rings. The summed E-state index contributed by atoms with van der Waals surface area (Å²) in [6, 6.07) is 0. The molecular formula is C84H172N2O19. The molecule has 21 nitrogen and oxygen atoms in total. The number of carbonyl (C=O) groups excluding carboxylic acids is 11. The van der Waals surface area contributed by atoms with Gasteiger partial charge in [0.2, 0.25) is 11.8 Å². The third-order valence-electron chi connectivity index (χ3n) is 18.3. The quantitative estimate of drug-likeness (QED) is 0.0292. The summed E-state index contributed by atoms with van der Waals surface area (Å²) < 4.78 is 0. The summed E-state index contributed by atoms with van der Waals surface area (Å²) in [5.41, 5.74) is 9.77. The average Bonchev–Trinajstić information content (AvgIpc) is 0.949. The Morgan fingerprint density at radius 1 is 0.229 bits per heavy atom. The van der Waals surface area contributed by atoms with Crippen LogP contribution in [0.25, 0.3) is 0 Å². The van der Waals surface area contributed by atoms with Crippen LogP contribution in [0, 0.1) is 112 Å². The minimum absolute atomic E-state index is 0. The van der Waals surface area contributed by atoms with Crippen LogP contribution in [-0.2, 0) is 52.7 Å². The van der Waals surface area contributed by atoms with Crippen molar-refractivity contribution in [3.8, 4) is 0 Å². The van der Waals surface area contributed by atoms with Gasteiger partial charge in [-0.1, -0.05) is 215 Å². The van der Waals surface area contributed by atoms with Gasteiger partial charge in [0.25, 0.3) is 0 Å². The highest BCUT2D eigenvalue weighted by Crippen LogP contribution is 2.20. The van der Waals surface area contributed by atoms with Crippen molar-refractivity contribution in [2.75, 3.05) is 0 Å². The topological polar surface area (TPSA) is 402 Å². The lowest BCUT2D eigenvalue weighted by Gasteiger charge is -2.19. The molecule has 105 heavy (non-hydrogen) atoms. The van der Waals surface area contributed by atoms with Gasteiger partial charge in [0.1, 0.15) is 66.2 Å². The van der Waals surface area contributed by atoms with Crippen LogP contribution in [0.3, 0.4) is 0 Å². The number of primary amides is 2. The molecule has 21 heteroatoms. The highest BCUT2D eigenvalue weighted by molar-refractivity contribution is 5.83. The fraction of sp³-hybridized carbons (Fsp3) is 0.869. The Bertz CT molecular complexity index is 1940. The lowest BCUT2D eigenvalue weighted by Crippen LogP contribution is -2.36. The number of carbonyl (C=O) groups is 11. The minimum Gasteiger partial charge on any atom is -0.385 e.